The quantitative estimate of drug-likeness (QED) is 0.294. The Morgan fingerprint density at radius 3 is 2.61 bits per heavy atom. The van der Waals surface area contributed by atoms with E-state index in [1.54, 1.807) is 36.0 Å². The molecule has 1 aliphatic heterocycles. The molecule has 4 aromatic rings. The van der Waals surface area contributed by atoms with Crippen molar-refractivity contribution in [2.45, 2.75) is 45.6 Å². The molecule has 0 bridgehead atoms. The van der Waals surface area contributed by atoms with Crippen LogP contribution in [0.1, 0.15) is 45.6 Å². The minimum atomic E-state index is -0.430. The summed E-state index contributed by atoms with van der Waals surface area (Å²) in [7, 11) is 7.85. The van der Waals surface area contributed by atoms with Crippen LogP contribution in [0, 0.1) is 5.82 Å². The van der Waals surface area contributed by atoms with Crippen LogP contribution in [0.2, 0.25) is 0 Å². The predicted octanol–water partition coefficient (Wildman–Crippen LogP) is 3.72. The van der Waals surface area contributed by atoms with Gasteiger partial charge in [0, 0.05) is 60.1 Å². The Bertz CT molecular complexity index is 1460. The number of benzene rings is 1. The lowest BCUT2D eigenvalue weighted by Crippen LogP contribution is -2.31. The van der Waals surface area contributed by atoms with Crippen LogP contribution in [0.15, 0.2) is 35.3 Å². The number of piperidine rings is 1. The van der Waals surface area contributed by atoms with E-state index >= 15 is 4.39 Å². The van der Waals surface area contributed by atoms with E-state index in [4.69, 9.17) is 12.6 Å². The van der Waals surface area contributed by atoms with Crippen molar-refractivity contribution in [3.05, 3.63) is 46.8 Å². The molecule has 1 aromatic carbocycles. The first kappa shape index (κ1) is 24.5. The van der Waals surface area contributed by atoms with Crippen LogP contribution >= 0.6 is 0 Å². The molecule has 186 valence electrons. The highest BCUT2D eigenvalue weighted by atomic mass is 19.1. The average Bonchev–Trinajstić information content (AvgIpc) is 3.14. The van der Waals surface area contributed by atoms with Gasteiger partial charge in [-0.3, -0.25) is 14.1 Å². The summed E-state index contributed by atoms with van der Waals surface area (Å²) in [5, 5.41) is 0.667. The number of likely N-dealkylation sites (tertiary alicyclic amines) is 1. The monoisotopic (exact) mass is 487 g/mol. The number of rotatable bonds is 7. The first-order valence-electron chi connectivity index (χ1n) is 12.7. The SMILES string of the molecule is [B]c1nc2cc(F)c(-c3ccc(OCCCN4CCCCC4)nc3)cc2c2c1n(C)c(=O)n2C(C)C. The number of hydrogen-bond acceptors (Lipinski definition) is 5. The van der Waals surface area contributed by atoms with Gasteiger partial charge in [-0.1, -0.05) is 6.42 Å². The minimum Gasteiger partial charge on any atom is -0.478 e. The fourth-order valence-electron chi connectivity index (χ4n) is 5.18. The Hall–Kier alpha value is -3.20. The van der Waals surface area contributed by atoms with Crippen molar-refractivity contribution < 1.29 is 9.13 Å². The van der Waals surface area contributed by atoms with Crippen LogP contribution in [0.25, 0.3) is 33.1 Å². The summed E-state index contributed by atoms with van der Waals surface area (Å²) in [4.78, 5) is 24.2. The molecule has 0 amide bonds. The topological polar surface area (TPSA) is 65.2 Å². The summed E-state index contributed by atoms with van der Waals surface area (Å²) in [5.74, 6) is 0.0900. The Balaban J connectivity index is 1.43. The highest BCUT2D eigenvalue weighted by molar-refractivity contribution is 6.38. The summed E-state index contributed by atoms with van der Waals surface area (Å²) < 4.78 is 24.2. The Morgan fingerprint density at radius 1 is 1.14 bits per heavy atom. The third-order valence-corrected chi connectivity index (χ3v) is 7.00. The maximum atomic E-state index is 15.2. The van der Waals surface area contributed by atoms with E-state index in [0.29, 0.717) is 45.6 Å². The number of aryl methyl sites for hydroxylation is 1. The Morgan fingerprint density at radius 2 is 1.92 bits per heavy atom. The average molecular weight is 487 g/mol. The van der Waals surface area contributed by atoms with Gasteiger partial charge in [0.25, 0.3) is 0 Å². The van der Waals surface area contributed by atoms with E-state index in [2.05, 4.69) is 14.9 Å². The Kier molecular flexibility index (Phi) is 6.84. The maximum absolute atomic E-state index is 15.2. The minimum absolute atomic E-state index is 0.104. The largest absolute Gasteiger partial charge is 0.478 e. The maximum Gasteiger partial charge on any atom is 0.329 e. The second kappa shape index (κ2) is 10.0. The zero-order valence-electron chi connectivity index (χ0n) is 21.1. The molecule has 4 heterocycles. The van der Waals surface area contributed by atoms with Gasteiger partial charge >= 0.3 is 5.69 Å². The summed E-state index contributed by atoms with van der Waals surface area (Å²) in [6.07, 6.45) is 6.46. The molecule has 5 rings (SSSR count). The van der Waals surface area contributed by atoms with Crippen molar-refractivity contribution in [3.63, 3.8) is 0 Å². The van der Waals surface area contributed by atoms with Gasteiger partial charge < -0.3 is 9.64 Å². The van der Waals surface area contributed by atoms with Crippen molar-refractivity contribution in [3.8, 4) is 17.0 Å². The molecule has 36 heavy (non-hydrogen) atoms. The summed E-state index contributed by atoms with van der Waals surface area (Å²) in [5.41, 5.74) is 2.62. The van der Waals surface area contributed by atoms with Gasteiger partial charge in [0.1, 0.15) is 13.7 Å². The van der Waals surface area contributed by atoms with E-state index < -0.39 is 5.82 Å². The Labute approximate surface area is 211 Å². The number of pyridine rings is 2. The van der Waals surface area contributed by atoms with Gasteiger partial charge in [0.05, 0.1) is 23.2 Å². The summed E-state index contributed by atoms with van der Waals surface area (Å²) in [6.45, 7) is 7.85. The molecule has 0 spiro atoms. The third-order valence-electron chi connectivity index (χ3n) is 7.00. The molecule has 9 heteroatoms. The van der Waals surface area contributed by atoms with Gasteiger partial charge in [0.15, 0.2) is 0 Å². The number of fused-ring (bicyclic) bond motifs is 3. The highest BCUT2D eigenvalue weighted by Crippen LogP contribution is 2.31. The number of nitrogens with zero attached hydrogens (tertiary/aromatic N) is 5. The molecule has 0 N–H and O–H groups in total. The highest BCUT2D eigenvalue weighted by Gasteiger charge is 2.20. The molecule has 3 aromatic heterocycles. The molecular weight excluding hydrogens is 456 g/mol. The molecule has 0 unspecified atom stereocenters. The predicted molar refractivity (Wildman–Crippen MR) is 142 cm³/mol. The number of aromatic nitrogens is 4. The second-order valence-electron chi connectivity index (χ2n) is 9.84. The molecule has 1 fully saturated rings. The zero-order chi connectivity index (χ0) is 25.4. The molecule has 2 radical (unpaired) electrons. The fourth-order valence-corrected chi connectivity index (χ4v) is 5.18. The van der Waals surface area contributed by atoms with Crippen LogP contribution in [0.5, 0.6) is 5.88 Å². The van der Waals surface area contributed by atoms with Gasteiger partial charge in [-0.2, -0.15) is 0 Å². The lowest BCUT2D eigenvalue weighted by atomic mass is 9.97. The van der Waals surface area contributed by atoms with Gasteiger partial charge in [-0.15, -0.1) is 0 Å². The summed E-state index contributed by atoms with van der Waals surface area (Å²) in [6, 6.07) is 6.57. The molecule has 7 nitrogen and oxygen atoms in total. The van der Waals surface area contributed by atoms with Crippen LogP contribution in [0.4, 0.5) is 4.39 Å². The van der Waals surface area contributed by atoms with Crippen molar-refractivity contribution in [1.29, 1.82) is 0 Å². The second-order valence-corrected chi connectivity index (χ2v) is 9.84. The van der Waals surface area contributed by atoms with E-state index in [1.807, 2.05) is 13.8 Å². The first-order valence-corrected chi connectivity index (χ1v) is 12.7. The lowest BCUT2D eigenvalue weighted by molar-refractivity contribution is 0.203. The van der Waals surface area contributed by atoms with E-state index in [9.17, 15) is 4.79 Å². The van der Waals surface area contributed by atoms with Crippen LogP contribution in [-0.4, -0.2) is 58.1 Å². The van der Waals surface area contributed by atoms with Crippen LogP contribution in [0.3, 0.4) is 0 Å². The first-order chi connectivity index (χ1) is 17.3. The van der Waals surface area contributed by atoms with Crippen molar-refractivity contribution in [2.75, 3.05) is 26.2 Å². The summed E-state index contributed by atoms with van der Waals surface area (Å²) >= 11 is 0. The number of halogens is 1. The lowest BCUT2D eigenvalue weighted by Gasteiger charge is -2.26. The van der Waals surface area contributed by atoms with E-state index in [1.165, 1.54) is 43.0 Å². The van der Waals surface area contributed by atoms with Gasteiger partial charge in [0.2, 0.25) is 5.88 Å². The van der Waals surface area contributed by atoms with Crippen LogP contribution < -0.4 is 16.0 Å². The normalized spacial score (nSPS) is 14.8. The molecular formula is C27H31BFN5O2. The van der Waals surface area contributed by atoms with Crippen molar-refractivity contribution in [2.24, 2.45) is 7.05 Å². The molecule has 1 saturated heterocycles. The van der Waals surface area contributed by atoms with Crippen LogP contribution in [-0.2, 0) is 7.05 Å². The molecule has 0 aliphatic carbocycles. The number of ether oxygens (including phenoxy) is 1. The van der Waals surface area contributed by atoms with E-state index in [0.717, 1.165) is 13.0 Å². The van der Waals surface area contributed by atoms with Crippen molar-refractivity contribution >= 4 is 35.4 Å². The van der Waals surface area contributed by atoms with Crippen molar-refractivity contribution in [1.82, 2.24) is 24.0 Å². The third kappa shape index (κ3) is 4.52. The standard InChI is InChI=1S/C27H31BFN5O2/c1-17(2)34-24-20-14-19(21(29)15-22(20)31-26(28)25(24)32(3)27(34)35)18-8-9-23(30-16-18)36-13-7-12-33-10-5-4-6-11-33/h8-9,14-17H,4-7,10-13H2,1-3H3. The van der Waals surface area contributed by atoms with E-state index in [-0.39, 0.29) is 17.3 Å². The smallest absolute Gasteiger partial charge is 0.329 e. The zero-order valence-corrected chi connectivity index (χ0v) is 21.1. The molecule has 1 aliphatic rings. The molecule has 0 saturated carbocycles. The fraction of sp³-hybridized carbons (Fsp3) is 0.444. The number of imidazole rings is 1. The number of hydrogen-bond donors (Lipinski definition) is 0. The molecule has 0 atom stereocenters. The van der Waals surface area contributed by atoms with Gasteiger partial charge in [-0.05, 0) is 58.3 Å². The van der Waals surface area contributed by atoms with Gasteiger partial charge in [-0.25, -0.2) is 14.2 Å².